The predicted molar refractivity (Wildman–Crippen MR) is 80.0 cm³/mol. The first-order valence-corrected chi connectivity index (χ1v) is 6.14. The summed E-state index contributed by atoms with van der Waals surface area (Å²) in [6.07, 6.45) is 1.79. The molecular weight excluding hydrogens is 242 g/mol. The van der Waals surface area contributed by atoms with Crippen molar-refractivity contribution in [3.05, 3.63) is 55.1 Å². The van der Waals surface area contributed by atoms with Crippen molar-refractivity contribution in [2.45, 2.75) is 0 Å². The van der Waals surface area contributed by atoms with E-state index >= 15 is 0 Å². The summed E-state index contributed by atoms with van der Waals surface area (Å²) in [5, 5.41) is 2.78. The van der Waals surface area contributed by atoms with E-state index in [2.05, 4.69) is 18.7 Å². The molecule has 2 nitrogen and oxygen atoms in total. The minimum atomic E-state index is 0.449. The van der Waals surface area contributed by atoms with E-state index < -0.39 is 0 Å². The number of nitrogens with zero attached hydrogens (tertiary/aromatic N) is 1. The molecule has 0 spiro atoms. The molecule has 0 fully saturated rings. The zero-order valence-corrected chi connectivity index (χ0v) is 11.1. The third-order valence-electron chi connectivity index (χ3n) is 2.64. The molecule has 0 saturated carbocycles. The summed E-state index contributed by atoms with van der Waals surface area (Å²) < 4.78 is 5.65. The molecule has 0 aliphatic carbocycles. The lowest BCUT2D eigenvalue weighted by Gasteiger charge is -2.17. The van der Waals surface area contributed by atoms with Gasteiger partial charge in [0.05, 0.1) is 0 Å². The van der Waals surface area contributed by atoms with Gasteiger partial charge in [-0.1, -0.05) is 36.4 Å². The Bertz CT molecular complexity index is 579. The molecule has 0 aliphatic heterocycles. The van der Waals surface area contributed by atoms with Crippen LogP contribution in [0.2, 0.25) is 0 Å². The number of rotatable bonds is 3. The first kappa shape index (κ1) is 12.6. The quantitative estimate of drug-likeness (QED) is 0.615. The maximum atomic E-state index is 5.65. The average molecular weight is 257 g/mol. The summed E-state index contributed by atoms with van der Waals surface area (Å²) >= 11 is 5.20. The van der Waals surface area contributed by atoms with Gasteiger partial charge in [-0.25, -0.2) is 0 Å². The van der Waals surface area contributed by atoms with Crippen LogP contribution >= 0.6 is 12.2 Å². The number of hydrogen-bond acceptors (Lipinski definition) is 2. The molecule has 3 heteroatoms. The van der Waals surface area contributed by atoms with Gasteiger partial charge in [0.1, 0.15) is 5.75 Å². The molecule has 92 valence electrons. The summed E-state index contributed by atoms with van der Waals surface area (Å²) in [6, 6.07) is 14.1. The van der Waals surface area contributed by atoms with Gasteiger partial charge < -0.3 is 9.64 Å². The summed E-state index contributed by atoms with van der Waals surface area (Å²) in [5.41, 5.74) is 0. The van der Waals surface area contributed by atoms with E-state index in [1.54, 1.807) is 6.08 Å². The molecule has 0 N–H and O–H groups in total. The maximum Gasteiger partial charge on any atom is 0.264 e. The van der Waals surface area contributed by atoms with Crippen molar-refractivity contribution < 1.29 is 4.74 Å². The van der Waals surface area contributed by atoms with Crippen molar-refractivity contribution in [3.8, 4) is 5.75 Å². The Kier molecular flexibility index (Phi) is 3.95. The van der Waals surface area contributed by atoms with Gasteiger partial charge in [-0.05, 0) is 35.1 Å². The lowest BCUT2D eigenvalue weighted by atomic mass is 10.1. The summed E-state index contributed by atoms with van der Waals surface area (Å²) in [7, 11) is 1.88. The van der Waals surface area contributed by atoms with E-state index in [1.165, 1.54) is 5.39 Å². The standard InChI is InChI=1S/C15H15NOS/c1-3-10-16(2)15(18)17-14-9-8-12-6-4-5-7-13(12)11-14/h3-9,11H,1,10H2,2H3. The van der Waals surface area contributed by atoms with E-state index in [-0.39, 0.29) is 0 Å². The van der Waals surface area contributed by atoms with Gasteiger partial charge in [-0.15, -0.1) is 6.58 Å². The Balaban J connectivity index is 2.16. The molecule has 0 aromatic heterocycles. The highest BCUT2D eigenvalue weighted by molar-refractivity contribution is 7.80. The van der Waals surface area contributed by atoms with E-state index in [0.29, 0.717) is 11.7 Å². The Morgan fingerprint density at radius 2 is 2.00 bits per heavy atom. The fraction of sp³-hybridized carbons (Fsp3) is 0.133. The molecule has 2 aromatic rings. The van der Waals surface area contributed by atoms with Crippen LogP contribution in [0.25, 0.3) is 10.8 Å². The monoisotopic (exact) mass is 257 g/mol. The Morgan fingerprint density at radius 3 is 2.72 bits per heavy atom. The molecule has 0 saturated heterocycles. The minimum Gasteiger partial charge on any atom is -0.432 e. The summed E-state index contributed by atoms with van der Waals surface area (Å²) in [6.45, 7) is 4.35. The van der Waals surface area contributed by atoms with Gasteiger partial charge in [0.15, 0.2) is 0 Å². The molecular formula is C15H15NOS. The van der Waals surface area contributed by atoms with Gasteiger partial charge >= 0.3 is 0 Å². The van der Waals surface area contributed by atoms with Gasteiger partial charge in [-0.2, -0.15) is 0 Å². The van der Waals surface area contributed by atoms with Gasteiger partial charge in [0.25, 0.3) is 5.17 Å². The smallest absolute Gasteiger partial charge is 0.264 e. The molecule has 0 amide bonds. The van der Waals surface area contributed by atoms with Crippen LogP contribution in [-0.2, 0) is 0 Å². The van der Waals surface area contributed by atoms with Crippen molar-refractivity contribution in [1.82, 2.24) is 4.90 Å². The van der Waals surface area contributed by atoms with Gasteiger partial charge in [0.2, 0.25) is 0 Å². The number of fused-ring (bicyclic) bond motifs is 1. The highest BCUT2D eigenvalue weighted by atomic mass is 32.1. The zero-order chi connectivity index (χ0) is 13.0. The number of benzene rings is 2. The molecule has 0 heterocycles. The maximum absolute atomic E-state index is 5.65. The van der Waals surface area contributed by atoms with Gasteiger partial charge in [-0.3, -0.25) is 0 Å². The number of likely N-dealkylation sites (N-methyl/N-ethyl adjacent to an activating group) is 1. The van der Waals surface area contributed by atoms with Crippen molar-refractivity contribution in [3.63, 3.8) is 0 Å². The fourth-order valence-electron chi connectivity index (χ4n) is 1.68. The van der Waals surface area contributed by atoms with Crippen LogP contribution in [0, 0.1) is 0 Å². The van der Waals surface area contributed by atoms with Crippen LogP contribution in [0.4, 0.5) is 0 Å². The first-order valence-electron chi connectivity index (χ1n) is 5.73. The molecule has 0 radical (unpaired) electrons. The molecule has 18 heavy (non-hydrogen) atoms. The second kappa shape index (κ2) is 5.65. The number of thiocarbonyl (C=S) groups is 1. The minimum absolute atomic E-state index is 0.449. The molecule has 0 bridgehead atoms. The predicted octanol–water partition coefficient (Wildman–Crippen LogP) is 3.62. The van der Waals surface area contributed by atoms with Crippen molar-refractivity contribution in [1.29, 1.82) is 0 Å². The van der Waals surface area contributed by atoms with Crippen LogP contribution < -0.4 is 4.74 Å². The van der Waals surface area contributed by atoms with Crippen LogP contribution in [0.3, 0.4) is 0 Å². The van der Waals surface area contributed by atoms with E-state index in [1.807, 2.05) is 42.3 Å². The molecule has 0 atom stereocenters. The van der Waals surface area contributed by atoms with Crippen molar-refractivity contribution >= 4 is 28.2 Å². The fourth-order valence-corrected chi connectivity index (χ4v) is 1.85. The molecule has 0 unspecified atom stereocenters. The Morgan fingerprint density at radius 1 is 1.28 bits per heavy atom. The lowest BCUT2D eigenvalue weighted by molar-refractivity contribution is 0.428. The molecule has 0 aliphatic rings. The third kappa shape index (κ3) is 2.87. The summed E-state index contributed by atoms with van der Waals surface area (Å²) in [5.74, 6) is 0.759. The topological polar surface area (TPSA) is 12.5 Å². The first-order chi connectivity index (χ1) is 8.70. The lowest BCUT2D eigenvalue weighted by Crippen LogP contribution is -2.29. The normalized spacial score (nSPS) is 10.1. The number of hydrogen-bond donors (Lipinski definition) is 0. The SMILES string of the molecule is C=CCN(C)C(=S)Oc1ccc2ccccc2c1. The Labute approximate surface area is 112 Å². The van der Waals surface area contributed by atoms with Crippen molar-refractivity contribution in [2.75, 3.05) is 13.6 Å². The van der Waals surface area contributed by atoms with Crippen LogP contribution in [-0.4, -0.2) is 23.7 Å². The second-order valence-corrected chi connectivity index (χ2v) is 4.40. The van der Waals surface area contributed by atoms with E-state index in [4.69, 9.17) is 17.0 Å². The summed E-state index contributed by atoms with van der Waals surface area (Å²) in [4.78, 5) is 1.83. The van der Waals surface area contributed by atoms with Crippen LogP contribution in [0.5, 0.6) is 5.75 Å². The van der Waals surface area contributed by atoms with Crippen LogP contribution in [0.15, 0.2) is 55.1 Å². The largest absolute Gasteiger partial charge is 0.432 e. The average Bonchev–Trinajstić information content (AvgIpc) is 2.39. The zero-order valence-electron chi connectivity index (χ0n) is 10.3. The highest BCUT2D eigenvalue weighted by Gasteiger charge is 2.05. The molecule has 2 aromatic carbocycles. The van der Waals surface area contributed by atoms with E-state index in [9.17, 15) is 0 Å². The van der Waals surface area contributed by atoms with E-state index in [0.717, 1.165) is 11.1 Å². The third-order valence-corrected chi connectivity index (χ3v) is 3.04. The number of ether oxygens (including phenoxy) is 1. The van der Waals surface area contributed by atoms with Gasteiger partial charge in [0, 0.05) is 13.6 Å². The van der Waals surface area contributed by atoms with Crippen LogP contribution in [0.1, 0.15) is 0 Å². The molecule has 2 rings (SSSR count). The second-order valence-electron chi connectivity index (χ2n) is 4.05. The Hall–Kier alpha value is -1.87. The van der Waals surface area contributed by atoms with Crippen molar-refractivity contribution in [2.24, 2.45) is 0 Å². The highest BCUT2D eigenvalue weighted by Crippen LogP contribution is 2.20.